The van der Waals surface area contributed by atoms with Crippen molar-refractivity contribution in [2.75, 3.05) is 0 Å². The normalized spacial score (nSPS) is 11.3. The zero-order valence-corrected chi connectivity index (χ0v) is 18.6. The molecule has 30 heavy (non-hydrogen) atoms. The average molecular weight is 441 g/mol. The zero-order valence-electron chi connectivity index (χ0n) is 17.0. The van der Waals surface area contributed by atoms with Crippen LogP contribution < -0.4 is 5.56 Å². The van der Waals surface area contributed by atoms with E-state index in [1.807, 2.05) is 31.4 Å². The van der Waals surface area contributed by atoms with Gasteiger partial charge in [0.1, 0.15) is 16.5 Å². The minimum Gasteiger partial charge on any atom is -0.292 e. The van der Waals surface area contributed by atoms with Gasteiger partial charge in [-0.3, -0.25) is 14.2 Å². The number of Topliss-reactive ketones (excluding diaryl/α,β-unsaturated/α-hetero) is 1. The van der Waals surface area contributed by atoms with E-state index in [4.69, 9.17) is 4.98 Å². The molecule has 3 heterocycles. The van der Waals surface area contributed by atoms with E-state index in [-0.39, 0.29) is 23.7 Å². The quantitative estimate of drug-likeness (QED) is 0.357. The van der Waals surface area contributed by atoms with Crippen molar-refractivity contribution in [1.29, 1.82) is 0 Å². The first kappa shape index (κ1) is 20.6. The summed E-state index contributed by atoms with van der Waals surface area (Å²) >= 11 is 3.10. The Kier molecular flexibility index (Phi) is 5.66. The summed E-state index contributed by atoms with van der Waals surface area (Å²) in [6.45, 7) is 5.52. The fraction of sp³-hybridized carbons (Fsp3) is 0.261. The third-order valence-electron chi connectivity index (χ3n) is 5.09. The Bertz CT molecular complexity index is 1300. The molecule has 0 saturated heterocycles. The minimum atomic E-state index is -0.354. The van der Waals surface area contributed by atoms with Gasteiger partial charge in [-0.2, -0.15) is 0 Å². The SMILES string of the molecule is CCCc1nc2sc(C)c(-c3cccs3)c2c(=O)n1CC(=O)c1ccc(F)c(C)c1. The van der Waals surface area contributed by atoms with E-state index < -0.39 is 0 Å². The maximum atomic E-state index is 13.6. The molecule has 0 amide bonds. The Labute approximate surface area is 181 Å². The van der Waals surface area contributed by atoms with Gasteiger partial charge in [0.15, 0.2) is 5.78 Å². The zero-order chi connectivity index (χ0) is 21.4. The Morgan fingerprint density at radius 1 is 1.23 bits per heavy atom. The first-order chi connectivity index (χ1) is 14.4. The van der Waals surface area contributed by atoms with Crippen molar-refractivity contribution < 1.29 is 9.18 Å². The molecule has 1 aromatic carbocycles. The number of fused-ring (bicyclic) bond motifs is 1. The molecule has 0 atom stereocenters. The maximum Gasteiger partial charge on any atom is 0.263 e. The van der Waals surface area contributed by atoms with Gasteiger partial charge in [0.05, 0.1) is 11.9 Å². The number of rotatable bonds is 6. The van der Waals surface area contributed by atoms with Crippen LogP contribution in [0.1, 0.15) is 40.0 Å². The molecule has 0 aliphatic carbocycles. The molecule has 0 radical (unpaired) electrons. The molecule has 7 heteroatoms. The average Bonchev–Trinajstić information content (AvgIpc) is 3.34. The lowest BCUT2D eigenvalue weighted by Crippen LogP contribution is -2.28. The number of hydrogen-bond acceptors (Lipinski definition) is 5. The van der Waals surface area contributed by atoms with Gasteiger partial charge in [-0.25, -0.2) is 9.37 Å². The van der Waals surface area contributed by atoms with Gasteiger partial charge >= 0.3 is 0 Å². The van der Waals surface area contributed by atoms with Crippen molar-refractivity contribution in [2.45, 2.75) is 40.2 Å². The van der Waals surface area contributed by atoms with Crippen LogP contribution in [0.3, 0.4) is 0 Å². The van der Waals surface area contributed by atoms with Crippen LogP contribution in [0.25, 0.3) is 20.7 Å². The lowest BCUT2D eigenvalue weighted by atomic mass is 10.1. The molecular formula is C23H21FN2O2S2. The second-order valence-electron chi connectivity index (χ2n) is 7.25. The summed E-state index contributed by atoms with van der Waals surface area (Å²) < 4.78 is 15.1. The highest BCUT2D eigenvalue weighted by molar-refractivity contribution is 7.20. The highest BCUT2D eigenvalue weighted by Gasteiger charge is 2.21. The van der Waals surface area contributed by atoms with Gasteiger partial charge in [-0.1, -0.05) is 13.0 Å². The molecule has 0 aliphatic rings. The highest BCUT2D eigenvalue weighted by atomic mass is 32.1. The molecular weight excluding hydrogens is 419 g/mol. The van der Waals surface area contributed by atoms with Crippen molar-refractivity contribution in [3.63, 3.8) is 0 Å². The number of hydrogen-bond donors (Lipinski definition) is 0. The second-order valence-corrected chi connectivity index (χ2v) is 9.40. The van der Waals surface area contributed by atoms with Gasteiger partial charge in [-0.15, -0.1) is 22.7 Å². The number of carbonyl (C=O) groups is 1. The van der Waals surface area contributed by atoms with Crippen molar-refractivity contribution >= 4 is 38.7 Å². The molecule has 3 aromatic heterocycles. The Morgan fingerprint density at radius 2 is 2.03 bits per heavy atom. The molecule has 0 aliphatic heterocycles. The summed E-state index contributed by atoms with van der Waals surface area (Å²) in [5.41, 5.74) is 1.51. The fourth-order valence-corrected chi connectivity index (χ4v) is 5.53. The van der Waals surface area contributed by atoms with E-state index in [2.05, 4.69) is 0 Å². The molecule has 0 N–H and O–H groups in total. The van der Waals surface area contributed by atoms with E-state index >= 15 is 0 Å². The monoisotopic (exact) mass is 440 g/mol. The van der Waals surface area contributed by atoms with Crippen LogP contribution in [0.5, 0.6) is 0 Å². The summed E-state index contributed by atoms with van der Waals surface area (Å²) in [4.78, 5) is 34.0. The van der Waals surface area contributed by atoms with Crippen LogP contribution in [-0.4, -0.2) is 15.3 Å². The van der Waals surface area contributed by atoms with Crippen molar-refractivity contribution in [2.24, 2.45) is 0 Å². The Morgan fingerprint density at radius 3 is 2.70 bits per heavy atom. The summed E-state index contributed by atoms with van der Waals surface area (Å²) in [6, 6.07) is 8.24. The van der Waals surface area contributed by atoms with E-state index in [0.717, 1.165) is 21.7 Å². The molecule has 0 spiro atoms. The van der Waals surface area contributed by atoms with E-state index in [1.165, 1.54) is 34.1 Å². The van der Waals surface area contributed by atoms with Gasteiger partial charge < -0.3 is 0 Å². The first-order valence-corrected chi connectivity index (χ1v) is 11.5. The molecule has 4 nitrogen and oxygen atoms in total. The smallest absolute Gasteiger partial charge is 0.263 e. The van der Waals surface area contributed by atoms with Gasteiger partial charge in [0.2, 0.25) is 0 Å². The molecule has 0 bridgehead atoms. The largest absolute Gasteiger partial charge is 0.292 e. The number of nitrogens with zero attached hydrogens (tertiary/aromatic N) is 2. The molecule has 4 rings (SSSR count). The standard InChI is InChI=1S/C23H21FN2O2S2/c1-4-6-19-25-22-21(20(14(3)30-22)18-7-5-10-29-18)23(28)26(19)12-17(27)15-8-9-16(24)13(2)11-15/h5,7-11H,4,6,12H2,1-3H3. The van der Waals surface area contributed by atoms with E-state index in [1.54, 1.807) is 18.3 Å². The number of aryl methyl sites for hydroxylation is 3. The third-order valence-corrected chi connectivity index (χ3v) is 6.98. The second kappa shape index (κ2) is 8.24. The number of halogens is 1. The number of benzene rings is 1. The van der Waals surface area contributed by atoms with Crippen molar-refractivity contribution in [1.82, 2.24) is 9.55 Å². The Hall–Kier alpha value is -2.64. The van der Waals surface area contributed by atoms with Crippen LogP contribution in [0.2, 0.25) is 0 Å². The molecule has 0 saturated carbocycles. The molecule has 154 valence electrons. The molecule has 0 unspecified atom stereocenters. The van der Waals surface area contributed by atoms with Gasteiger partial charge in [-0.05, 0) is 55.5 Å². The van der Waals surface area contributed by atoms with E-state index in [0.29, 0.717) is 33.6 Å². The van der Waals surface area contributed by atoms with Crippen LogP contribution in [0, 0.1) is 19.7 Å². The number of carbonyl (C=O) groups excluding carboxylic acids is 1. The number of aromatic nitrogens is 2. The van der Waals surface area contributed by atoms with Crippen molar-refractivity contribution in [3.8, 4) is 10.4 Å². The summed E-state index contributed by atoms with van der Waals surface area (Å²) in [6.07, 6.45) is 1.41. The third kappa shape index (κ3) is 3.63. The number of thiophene rings is 2. The maximum absolute atomic E-state index is 13.6. The Balaban J connectivity index is 1.87. The lowest BCUT2D eigenvalue weighted by Gasteiger charge is -2.12. The van der Waals surface area contributed by atoms with Gasteiger partial charge in [0.25, 0.3) is 5.56 Å². The summed E-state index contributed by atoms with van der Waals surface area (Å²) in [7, 11) is 0. The minimum absolute atomic E-state index is 0.110. The lowest BCUT2D eigenvalue weighted by molar-refractivity contribution is 0.0969. The van der Waals surface area contributed by atoms with Gasteiger partial charge in [0, 0.05) is 27.3 Å². The number of ketones is 1. The van der Waals surface area contributed by atoms with Crippen LogP contribution in [0.4, 0.5) is 4.39 Å². The predicted molar refractivity (Wildman–Crippen MR) is 121 cm³/mol. The van der Waals surface area contributed by atoms with E-state index in [9.17, 15) is 14.0 Å². The summed E-state index contributed by atoms with van der Waals surface area (Å²) in [5, 5.41) is 2.55. The molecule has 0 fully saturated rings. The van der Waals surface area contributed by atoms with Crippen LogP contribution in [-0.2, 0) is 13.0 Å². The molecule has 4 aromatic rings. The first-order valence-electron chi connectivity index (χ1n) is 9.76. The van der Waals surface area contributed by atoms with Crippen molar-refractivity contribution in [3.05, 3.63) is 73.7 Å². The highest BCUT2D eigenvalue weighted by Crippen LogP contribution is 2.38. The summed E-state index contributed by atoms with van der Waals surface area (Å²) in [5.74, 6) is 0.0253. The van der Waals surface area contributed by atoms with Crippen LogP contribution >= 0.6 is 22.7 Å². The fourth-order valence-electron chi connectivity index (χ4n) is 3.58. The van der Waals surface area contributed by atoms with Crippen LogP contribution in [0.15, 0.2) is 40.5 Å². The predicted octanol–water partition coefficient (Wildman–Crippen LogP) is 5.78. The topological polar surface area (TPSA) is 52.0 Å².